The molecule has 2 rings (SSSR count). The lowest BCUT2D eigenvalue weighted by molar-refractivity contribution is 0.488. The zero-order valence-corrected chi connectivity index (χ0v) is 13.0. The van der Waals surface area contributed by atoms with Crippen molar-refractivity contribution in [3.05, 3.63) is 42.2 Å². The Morgan fingerprint density at radius 3 is 2.00 bits per heavy atom. The van der Waals surface area contributed by atoms with E-state index in [9.17, 15) is 16.8 Å². The molecule has 3 N–H and O–H groups in total. The van der Waals surface area contributed by atoms with Crippen molar-refractivity contribution >= 4 is 32.1 Å². The zero-order chi connectivity index (χ0) is 16.5. The minimum absolute atomic E-state index is 0.715. The number of fused-ring (bicyclic) bond motifs is 1. The molecule has 0 fully saturated rings. The molecule has 1 aromatic rings. The molecule has 0 saturated heterocycles. The first-order valence-corrected chi connectivity index (χ1v) is 9.05. The van der Waals surface area contributed by atoms with Crippen LogP contribution in [0.5, 0.6) is 0 Å². The molecule has 0 spiro atoms. The Bertz CT molecular complexity index is 662. The van der Waals surface area contributed by atoms with Crippen molar-refractivity contribution in [1.82, 2.24) is 0 Å². The Balaban J connectivity index is 0.000000340. The molecule has 118 valence electrons. The number of hydrogen-bond donors (Lipinski definition) is 3. The van der Waals surface area contributed by atoms with E-state index in [1.54, 1.807) is 6.20 Å². The molecule has 0 saturated carbocycles. The van der Waals surface area contributed by atoms with Gasteiger partial charge in [-0.15, -0.1) is 0 Å². The maximum absolute atomic E-state index is 9.19. The summed E-state index contributed by atoms with van der Waals surface area (Å²) in [6.07, 6.45) is 6.83. The van der Waals surface area contributed by atoms with Gasteiger partial charge in [-0.1, -0.05) is 18.2 Å². The van der Waals surface area contributed by atoms with E-state index >= 15 is 0 Å². The third-order valence-electron chi connectivity index (χ3n) is 1.57. The summed E-state index contributed by atoms with van der Waals surface area (Å²) in [5.74, 6) is 0. The minimum atomic E-state index is -3.67. The fourth-order valence-electron chi connectivity index (χ4n) is 1.03. The van der Waals surface area contributed by atoms with Crippen LogP contribution in [-0.2, 0) is 20.2 Å². The molecule has 0 aromatic heterocycles. The van der Waals surface area contributed by atoms with Gasteiger partial charge in [-0.2, -0.15) is 16.8 Å². The largest absolute Gasteiger partial charge is 0.360 e. The third-order valence-corrected chi connectivity index (χ3v) is 1.57. The van der Waals surface area contributed by atoms with Gasteiger partial charge in [0.05, 0.1) is 12.5 Å². The first kappa shape index (κ1) is 19.2. The Labute approximate surface area is 123 Å². The second kappa shape index (κ2) is 8.52. The second-order valence-corrected chi connectivity index (χ2v) is 6.72. The topological polar surface area (TPSA) is 133 Å². The van der Waals surface area contributed by atoms with Gasteiger partial charge in [0.15, 0.2) is 0 Å². The van der Waals surface area contributed by atoms with Crippen molar-refractivity contribution in [3.8, 4) is 0 Å². The molecule has 0 aliphatic carbocycles. The van der Waals surface area contributed by atoms with Crippen LogP contribution in [0.4, 0.5) is 5.69 Å². The van der Waals surface area contributed by atoms with Gasteiger partial charge in [-0.05, 0) is 6.07 Å². The number of nitrogens with one attached hydrogen (secondary N) is 1. The van der Waals surface area contributed by atoms with Gasteiger partial charge in [0.2, 0.25) is 0 Å². The van der Waals surface area contributed by atoms with Crippen LogP contribution in [0.2, 0.25) is 0 Å². The van der Waals surface area contributed by atoms with Crippen LogP contribution >= 0.6 is 0 Å². The van der Waals surface area contributed by atoms with E-state index in [1.807, 2.05) is 36.7 Å². The summed E-state index contributed by atoms with van der Waals surface area (Å²) < 4.78 is 51.7. The van der Waals surface area contributed by atoms with Gasteiger partial charge in [-0.25, -0.2) is 0 Å². The quantitative estimate of drug-likeness (QED) is 0.602. The zero-order valence-electron chi connectivity index (χ0n) is 11.3. The van der Waals surface area contributed by atoms with Gasteiger partial charge in [0, 0.05) is 29.9 Å². The maximum Gasteiger partial charge on any atom is 0.261 e. The number of para-hydroxylation sites is 1. The molecule has 0 radical (unpaired) electrons. The highest BCUT2D eigenvalue weighted by molar-refractivity contribution is 7.85. The molecular formula is C11H16N2O6S2. The molecule has 1 aromatic carbocycles. The van der Waals surface area contributed by atoms with Crippen LogP contribution in [0.15, 0.2) is 41.7 Å². The molecule has 1 heterocycles. The molecular weight excluding hydrogens is 320 g/mol. The lowest BCUT2D eigenvalue weighted by Gasteiger charge is -2.01. The molecule has 1 aliphatic rings. The SMILES string of the molecule is C1=CNc2ccccc2C=N1.CS(=O)(=O)O.CS(=O)(=O)O. The van der Waals surface area contributed by atoms with Crippen molar-refractivity contribution in [2.45, 2.75) is 0 Å². The standard InChI is InChI=1S/C9H8N2.2CH4O3S/c1-2-4-9-8(3-1)7-10-5-6-11-9;2*1-5(2,3)4/h1-7,11H;2*1H3,(H,2,3,4). The average Bonchev–Trinajstić information content (AvgIpc) is 2.49. The summed E-state index contributed by atoms with van der Waals surface area (Å²) in [4.78, 5) is 4.04. The summed E-state index contributed by atoms with van der Waals surface area (Å²) in [7, 11) is -7.33. The van der Waals surface area contributed by atoms with Gasteiger partial charge in [0.1, 0.15) is 0 Å². The third kappa shape index (κ3) is 16.2. The fraction of sp³-hybridized carbons (Fsp3) is 0.182. The van der Waals surface area contributed by atoms with Gasteiger partial charge in [0.25, 0.3) is 20.2 Å². The number of anilines is 1. The van der Waals surface area contributed by atoms with Crippen LogP contribution < -0.4 is 5.32 Å². The number of benzene rings is 1. The summed E-state index contributed by atoms with van der Waals surface area (Å²) in [6, 6.07) is 8.05. The summed E-state index contributed by atoms with van der Waals surface area (Å²) in [5.41, 5.74) is 2.22. The van der Waals surface area contributed by atoms with Crippen LogP contribution in [0.3, 0.4) is 0 Å². The van der Waals surface area contributed by atoms with Crippen molar-refractivity contribution in [3.63, 3.8) is 0 Å². The lowest BCUT2D eigenvalue weighted by Crippen LogP contribution is -1.89. The average molecular weight is 336 g/mol. The van der Waals surface area contributed by atoms with Crippen molar-refractivity contribution in [1.29, 1.82) is 0 Å². The Morgan fingerprint density at radius 1 is 1.00 bits per heavy atom. The highest BCUT2D eigenvalue weighted by atomic mass is 32.2. The normalized spacial score (nSPS) is 12.6. The predicted octanol–water partition coefficient (Wildman–Crippen LogP) is 1.01. The predicted molar refractivity (Wildman–Crippen MR) is 81.7 cm³/mol. The first-order valence-electron chi connectivity index (χ1n) is 5.35. The first-order chi connectivity index (χ1) is 9.47. The number of aliphatic imine (C=N–C) groups is 1. The number of nitrogens with zero attached hydrogens (tertiary/aromatic N) is 1. The highest BCUT2D eigenvalue weighted by Crippen LogP contribution is 2.13. The number of hydrogen-bond acceptors (Lipinski definition) is 6. The van der Waals surface area contributed by atoms with Gasteiger partial charge in [-0.3, -0.25) is 14.1 Å². The Morgan fingerprint density at radius 2 is 1.48 bits per heavy atom. The molecule has 1 aliphatic heterocycles. The monoisotopic (exact) mass is 336 g/mol. The molecule has 0 unspecified atom stereocenters. The highest BCUT2D eigenvalue weighted by Gasteiger charge is 1.96. The summed E-state index contributed by atoms with van der Waals surface area (Å²) in [6.45, 7) is 0. The van der Waals surface area contributed by atoms with Crippen molar-refractivity contribution in [2.75, 3.05) is 17.8 Å². The lowest BCUT2D eigenvalue weighted by atomic mass is 10.2. The van der Waals surface area contributed by atoms with Crippen LogP contribution in [-0.4, -0.2) is 44.7 Å². The van der Waals surface area contributed by atoms with Gasteiger partial charge < -0.3 is 5.32 Å². The molecule has 21 heavy (non-hydrogen) atoms. The molecule has 0 atom stereocenters. The minimum Gasteiger partial charge on any atom is -0.360 e. The van der Waals surface area contributed by atoms with Crippen molar-refractivity contribution in [2.24, 2.45) is 4.99 Å². The summed E-state index contributed by atoms with van der Waals surface area (Å²) in [5, 5.41) is 3.12. The van der Waals surface area contributed by atoms with E-state index in [1.165, 1.54) is 0 Å². The summed E-state index contributed by atoms with van der Waals surface area (Å²) >= 11 is 0. The smallest absolute Gasteiger partial charge is 0.261 e. The fourth-order valence-corrected chi connectivity index (χ4v) is 1.03. The van der Waals surface area contributed by atoms with Crippen LogP contribution in [0, 0.1) is 0 Å². The van der Waals surface area contributed by atoms with E-state index in [0.29, 0.717) is 12.5 Å². The molecule has 8 nitrogen and oxygen atoms in total. The van der Waals surface area contributed by atoms with E-state index < -0.39 is 20.2 Å². The molecule has 0 amide bonds. The molecule has 10 heteroatoms. The Hall–Kier alpha value is -1.75. The van der Waals surface area contributed by atoms with E-state index in [2.05, 4.69) is 10.3 Å². The van der Waals surface area contributed by atoms with E-state index in [0.717, 1.165) is 11.3 Å². The van der Waals surface area contributed by atoms with Gasteiger partial charge >= 0.3 is 0 Å². The van der Waals surface area contributed by atoms with Crippen molar-refractivity contribution < 1.29 is 25.9 Å². The van der Waals surface area contributed by atoms with E-state index in [-0.39, 0.29) is 0 Å². The Kier molecular flexibility index (Phi) is 7.81. The number of rotatable bonds is 0. The van der Waals surface area contributed by atoms with Crippen LogP contribution in [0.1, 0.15) is 5.56 Å². The molecule has 0 bridgehead atoms. The second-order valence-electron chi connectivity index (χ2n) is 3.79. The maximum atomic E-state index is 9.19. The van der Waals surface area contributed by atoms with Crippen LogP contribution in [0.25, 0.3) is 0 Å². The van der Waals surface area contributed by atoms with E-state index in [4.69, 9.17) is 9.11 Å².